The second kappa shape index (κ2) is 2.94. The maximum atomic E-state index is 12.7. The van der Waals surface area contributed by atoms with E-state index >= 15 is 0 Å². The zero-order chi connectivity index (χ0) is 9.35. The molecular formula is C7H5ClF3N. The first-order chi connectivity index (χ1) is 5.41. The van der Waals surface area contributed by atoms with Crippen LogP contribution in [-0.4, -0.2) is 4.98 Å². The van der Waals surface area contributed by atoms with E-state index in [9.17, 15) is 13.2 Å². The monoisotopic (exact) mass is 195 g/mol. The van der Waals surface area contributed by atoms with Crippen molar-refractivity contribution in [1.29, 1.82) is 0 Å². The molecule has 0 bridgehead atoms. The van der Waals surface area contributed by atoms with Gasteiger partial charge in [-0.05, 0) is 12.1 Å². The molecule has 1 heterocycles. The Morgan fingerprint density at radius 2 is 2.00 bits per heavy atom. The summed E-state index contributed by atoms with van der Waals surface area (Å²) < 4.78 is 37.7. The smallest absolute Gasteiger partial charge is 0.207 e. The summed E-state index contributed by atoms with van der Waals surface area (Å²) in [7, 11) is 0. The summed E-state index contributed by atoms with van der Waals surface area (Å²) in [4.78, 5) is 3.06. The van der Waals surface area contributed by atoms with Crippen LogP contribution in [0.25, 0.3) is 0 Å². The Balaban J connectivity index is 3.19. The zero-order valence-corrected chi connectivity index (χ0v) is 6.87. The second-order valence-electron chi connectivity index (χ2n) is 2.36. The minimum Gasteiger partial charge on any atom is -0.207 e. The highest BCUT2D eigenvalue weighted by atomic mass is 35.5. The van der Waals surface area contributed by atoms with Gasteiger partial charge in [-0.25, -0.2) is 13.8 Å². The lowest BCUT2D eigenvalue weighted by molar-refractivity contribution is 0.0130. The second-order valence-corrected chi connectivity index (χ2v) is 2.75. The molecular weight excluding hydrogens is 191 g/mol. The van der Waals surface area contributed by atoms with Crippen molar-refractivity contribution in [3.05, 3.63) is 28.8 Å². The summed E-state index contributed by atoms with van der Waals surface area (Å²) in [6.07, 6.45) is 0. The van der Waals surface area contributed by atoms with Crippen molar-refractivity contribution < 1.29 is 13.2 Å². The summed E-state index contributed by atoms with van der Waals surface area (Å²) in [6, 6.07) is 2.04. The number of hydrogen-bond donors (Lipinski definition) is 0. The zero-order valence-electron chi connectivity index (χ0n) is 6.11. The lowest BCUT2D eigenvalue weighted by Gasteiger charge is -2.10. The van der Waals surface area contributed by atoms with Gasteiger partial charge in [0.25, 0.3) is 5.92 Å². The molecule has 0 atom stereocenters. The molecule has 1 aromatic heterocycles. The van der Waals surface area contributed by atoms with Crippen molar-refractivity contribution >= 4 is 11.6 Å². The van der Waals surface area contributed by atoms with Gasteiger partial charge in [0.05, 0.1) is 5.56 Å². The van der Waals surface area contributed by atoms with Crippen LogP contribution in [0.1, 0.15) is 12.5 Å². The highest BCUT2D eigenvalue weighted by molar-refractivity contribution is 6.29. The molecule has 0 saturated carbocycles. The van der Waals surface area contributed by atoms with Crippen molar-refractivity contribution in [3.63, 3.8) is 0 Å². The summed E-state index contributed by atoms with van der Waals surface area (Å²) in [5, 5.41) is -0.138. The van der Waals surface area contributed by atoms with Crippen molar-refractivity contribution in [2.45, 2.75) is 12.8 Å². The third kappa shape index (κ3) is 1.88. The van der Waals surface area contributed by atoms with E-state index in [0.29, 0.717) is 6.92 Å². The van der Waals surface area contributed by atoms with Crippen LogP contribution < -0.4 is 0 Å². The lowest BCUT2D eigenvalue weighted by atomic mass is 10.2. The minimum absolute atomic E-state index is 0.138. The molecule has 0 N–H and O–H groups in total. The van der Waals surface area contributed by atoms with E-state index in [2.05, 4.69) is 4.98 Å². The van der Waals surface area contributed by atoms with Crippen LogP contribution in [0.5, 0.6) is 0 Å². The molecule has 1 rings (SSSR count). The molecule has 0 amide bonds. The SMILES string of the molecule is CC(F)(F)c1ccc(Cl)nc1F. The van der Waals surface area contributed by atoms with E-state index < -0.39 is 17.4 Å². The van der Waals surface area contributed by atoms with Crippen LogP contribution >= 0.6 is 11.6 Å². The van der Waals surface area contributed by atoms with Gasteiger partial charge in [0.2, 0.25) is 5.95 Å². The van der Waals surface area contributed by atoms with Gasteiger partial charge in [0.1, 0.15) is 5.15 Å². The number of alkyl halides is 2. The average molecular weight is 196 g/mol. The van der Waals surface area contributed by atoms with Crippen molar-refractivity contribution in [1.82, 2.24) is 4.98 Å². The first-order valence-electron chi connectivity index (χ1n) is 3.11. The molecule has 0 radical (unpaired) electrons. The van der Waals surface area contributed by atoms with Gasteiger partial charge >= 0.3 is 0 Å². The maximum absolute atomic E-state index is 12.7. The number of rotatable bonds is 1. The van der Waals surface area contributed by atoms with Gasteiger partial charge in [-0.15, -0.1) is 0 Å². The number of aromatic nitrogens is 1. The fourth-order valence-electron chi connectivity index (χ4n) is 0.740. The van der Waals surface area contributed by atoms with Gasteiger partial charge in [-0.1, -0.05) is 11.6 Å². The predicted octanol–water partition coefficient (Wildman–Crippen LogP) is 2.99. The third-order valence-corrected chi connectivity index (χ3v) is 1.50. The van der Waals surface area contributed by atoms with Crippen LogP contribution in [0.2, 0.25) is 5.15 Å². The first-order valence-corrected chi connectivity index (χ1v) is 3.49. The van der Waals surface area contributed by atoms with Crippen LogP contribution in [0.15, 0.2) is 12.1 Å². The van der Waals surface area contributed by atoms with Crippen molar-refractivity contribution in [3.8, 4) is 0 Å². The van der Waals surface area contributed by atoms with Crippen LogP contribution in [0, 0.1) is 5.95 Å². The quantitative estimate of drug-likeness (QED) is 0.628. The molecule has 0 spiro atoms. The van der Waals surface area contributed by atoms with Gasteiger partial charge in [-0.3, -0.25) is 0 Å². The number of halogens is 4. The standard InChI is InChI=1S/C7H5ClF3N/c1-7(10,11)4-2-3-5(8)12-6(4)9/h2-3H,1H3. The number of hydrogen-bond acceptors (Lipinski definition) is 1. The highest BCUT2D eigenvalue weighted by Crippen LogP contribution is 2.28. The molecule has 0 aliphatic carbocycles. The van der Waals surface area contributed by atoms with Gasteiger partial charge in [0, 0.05) is 6.92 Å². The normalized spacial score (nSPS) is 11.8. The summed E-state index contributed by atoms with van der Waals surface area (Å²) >= 11 is 5.27. The molecule has 66 valence electrons. The molecule has 0 aliphatic rings. The van der Waals surface area contributed by atoms with E-state index in [0.717, 1.165) is 12.1 Å². The molecule has 0 fully saturated rings. The topological polar surface area (TPSA) is 12.9 Å². The molecule has 1 nitrogen and oxygen atoms in total. The Morgan fingerprint density at radius 3 is 2.42 bits per heavy atom. The molecule has 12 heavy (non-hydrogen) atoms. The van der Waals surface area contributed by atoms with Crippen LogP contribution in [0.3, 0.4) is 0 Å². The molecule has 5 heteroatoms. The number of nitrogens with zero attached hydrogens (tertiary/aromatic N) is 1. The number of pyridine rings is 1. The van der Waals surface area contributed by atoms with Gasteiger partial charge in [0.15, 0.2) is 0 Å². The lowest BCUT2D eigenvalue weighted by Crippen LogP contribution is -2.10. The first kappa shape index (κ1) is 9.32. The summed E-state index contributed by atoms with van der Waals surface area (Å²) in [5.74, 6) is -4.45. The van der Waals surface area contributed by atoms with Crippen molar-refractivity contribution in [2.75, 3.05) is 0 Å². The molecule has 0 aliphatic heterocycles. The van der Waals surface area contributed by atoms with Crippen molar-refractivity contribution in [2.24, 2.45) is 0 Å². The Kier molecular flexibility index (Phi) is 2.28. The van der Waals surface area contributed by atoms with E-state index in [1.165, 1.54) is 0 Å². The van der Waals surface area contributed by atoms with E-state index in [-0.39, 0.29) is 5.15 Å². The van der Waals surface area contributed by atoms with Gasteiger partial charge in [-0.2, -0.15) is 4.39 Å². The van der Waals surface area contributed by atoms with Crippen LogP contribution in [0.4, 0.5) is 13.2 Å². The van der Waals surface area contributed by atoms with E-state index in [1.54, 1.807) is 0 Å². The van der Waals surface area contributed by atoms with Crippen LogP contribution in [-0.2, 0) is 5.92 Å². The average Bonchev–Trinajstić information content (AvgIpc) is 1.83. The van der Waals surface area contributed by atoms with E-state index in [1.807, 2.05) is 0 Å². The molecule has 0 unspecified atom stereocenters. The fraction of sp³-hybridized carbons (Fsp3) is 0.286. The third-order valence-electron chi connectivity index (χ3n) is 1.29. The summed E-state index contributed by atoms with van der Waals surface area (Å²) in [5.41, 5.74) is -0.744. The minimum atomic E-state index is -3.22. The molecule has 0 aromatic carbocycles. The fourth-order valence-corrected chi connectivity index (χ4v) is 0.877. The highest BCUT2D eigenvalue weighted by Gasteiger charge is 2.28. The predicted molar refractivity (Wildman–Crippen MR) is 38.8 cm³/mol. The Bertz CT molecular complexity index is 295. The maximum Gasteiger partial charge on any atom is 0.274 e. The Morgan fingerprint density at radius 1 is 1.42 bits per heavy atom. The Labute approximate surface area is 72.2 Å². The molecule has 0 saturated heterocycles. The largest absolute Gasteiger partial charge is 0.274 e. The summed E-state index contributed by atoms with van der Waals surface area (Å²) in [6.45, 7) is 0.598. The van der Waals surface area contributed by atoms with Gasteiger partial charge < -0.3 is 0 Å². The van der Waals surface area contributed by atoms with E-state index in [4.69, 9.17) is 11.6 Å². The Hall–Kier alpha value is -0.770. The molecule has 1 aromatic rings.